The van der Waals surface area contributed by atoms with Crippen LogP contribution in [0.3, 0.4) is 0 Å². The van der Waals surface area contributed by atoms with Gasteiger partial charge < -0.3 is 33.3 Å². The third-order valence-electron chi connectivity index (χ3n) is 12.5. The molecule has 0 bridgehead atoms. The molecule has 0 aromatic heterocycles. The second-order valence-corrected chi connectivity index (χ2v) is 21.6. The number of ether oxygens (including phenoxy) is 4. The van der Waals surface area contributed by atoms with Crippen molar-refractivity contribution in [3.63, 3.8) is 0 Å². The smallest absolute Gasteiger partial charge is 0.306 e. The minimum Gasteiger partial charge on any atom is -0.545 e. The molecule has 0 aromatic rings. The molecule has 0 heterocycles. The predicted octanol–water partition coefficient (Wildman–Crippen LogP) is 18.7. The van der Waals surface area contributed by atoms with Gasteiger partial charge in [0.05, 0.1) is 40.3 Å². The summed E-state index contributed by atoms with van der Waals surface area (Å²) in [7, 11) is 5.88. The lowest BCUT2D eigenvalue weighted by Crippen LogP contribution is -2.44. The lowest BCUT2D eigenvalue weighted by molar-refractivity contribution is -0.870. The molecule has 0 aliphatic rings. The minimum absolute atomic E-state index is 0.123. The molecule has 85 heavy (non-hydrogen) atoms. The van der Waals surface area contributed by atoms with Gasteiger partial charge >= 0.3 is 11.9 Å². The number of likely N-dealkylation sites (N-methyl/N-ethyl adjacent to an activating group) is 1. The number of carbonyl (C=O) groups excluding carboxylic acids is 3. The molecule has 0 N–H and O–H groups in total. The fourth-order valence-electron chi connectivity index (χ4n) is 7.66. The highest BCUT2D eigenvalue weighted by Crippen LogP contribution is 2.12. The molecule has 0 radical (unpaired) electrons. The average molecular weight is 1170 g/mol. The molecule has 0 aliphatic heterocycles. The van der Waals surface area contributed by atoms with Crippen molar-refractivity contribution in [2.45, 2.75) is 206 Å². The zero-order chi connectivity index (χ0) is 61.9. The number of hydrogen-bond acceptors (Lipinski definition) is 8. The maximum absolute atomic E-state index is 12.9. The second kappa shape index (κ2) is 63.9. The van der Waals surface area contributed by atoms with E-state index in [1.54, 1.807) is 0 Å². The third-order valence-corrected chi connectivity index (χ3v) is 12.5. The number of unbranched alkanes of at least 4 members (excludes halogenated alkanes) is 7. The largest absolute Gasteiger partial charge is 0.545 e. The standard InChI is InChI=1S/C76H115NO8/c1-6-8-10-12-14-16-18-20-22-24-26-28-29-30-31-32-33-34-35-36-37-38-39-40-41-42-43-44-45-47-49-51-53-55-57-59-61-63-65-67-74(79)85-72(71-84-76(75(80)81)82-69-68-77(3,4)5)70-83-73(78)66-64-62-60-58-56-54-52-50-48-46-27-25-23-21-19-17-15-13-11-9-7-2/h8-11,14-17,20-23,26-28,30-31,33-34,36-37,39-40,42-43,45-47,50-53,57,59,72,76H,6-7,12-13,18-19,24-25,29,32,35,38,41,44,48-49,54-56,58,60-71H2,1-5H3/b10-8-,11-9-,16-14-,17-15-,22-20-,23-21-,28-26-,31-30-,34-33-,37-36-,40-39-,43-42-,46-27-,47-45-,52-50-,53-51-,59-57-. The van der Waals surface area contributed by atoms with Crippen molar-refractivity contribution < 1.29 is 42.9 Å². The van der Waals surface area contributed by atoms with E-state index in [-0.39, 0.29) is 32.7 Å². The summed E-state index contributed by atoms with van der Waals surface area (Å²) in [5, 5.41) is 11.8. The molecular weight excluding hydrogens is 1050 g/mol. The van der Waals surface area contributed by atoms with Gasteiger partial charge in [0.15, 0.2) is 12.4 Å². The first-order valence-corrected chi connectivity index (χ1v) is 32.2. The minimum atomic E-state index is -1.65. The van der Waals surface area contributed by atoms with Crippen LogP contribution in [0.1, 0.15) is 194 Å². The van der Waals surface area contributed by atoms with Gasteiger partial charge in [-0.05, 0) is 148 Å². The fraction of sp³-hybridized carbons (Fsp3) is 0.513. The number of hydrogen-bond donors (Lipinski definition) is 0. The molecule has 0 aliphatic carbocycles. The lowest BCUT2D eigenvalue weighted by Gasteiger charge is -2.26. The van der Waals surface area contributed by atoms with Crippen LogP contribution in [0.25, 0.3) is 0 Å². The SMILES string of the molecule is CC/C=C\C/C=C\C/C=C\C/C=C\C/C=C\C/C=C\C/C=C\C/C=C\C/C=C\C/C=C\C/C=C\C/C=C\CCCCC(=O)OC(COC(=O)CCCCCCC/C=C\C/C=C\C/C=C\C/C=C\C/C=C\CC)COC(OCC[N+](C)(C)C)C(=O)[O-]. The van der Waals surface area contributed by atoms with Gasteiger partial charge in [0.2, 0.25) is 0 Å². The van der Waals surface area contributed by atoms with E-state index in [1.807, 2.05) is 21.1 Å². The quantitative estimate of drug-likeness (QED) is 0.0195. The van der Waals surface area contributed by atoms with Crippen molar-refractivity contribution in [3.05, 3.63) is 207 Å². The number of rotatable bonds is 56. The molecule has 0 saturated heterocycles. The van der Waals surface area contributed by atoms with Crippen LogP contribution < -0.4 is 5.11 Å². The molecule has 472 valence electrons. The van der Waals surface area contributed by atoms with Crippen LogP contribution in [0.15, 0.2) is 207 Å². The summed E-state index contributed by atoms with van der Waals surface area (Å²) >= 11 is 0. The Balaban J connectivity index is 4.36. The maximum Gasteiger partial charge on any atom is 0.306 e. The molecule has 9 heteroatoms. The Morgan fingerprint density at radius 2 is 0.635 bits per heavy atom. The first-order chi connectivity index (χ1) is 41.6. The van der Waals surface area contributed by atoms with Gasteiger partial charge in [-0.25, -0.2) is 0 Å². The Kier molecular flexibility index (Phi) is 59.3. The van der Waals surface area contributed by atoms with Crippen molar-refractivity contribution >= 4 is 17.9 Å². The van der Waals surface area contributed by atoms with E-state index in [9.17, 15) is 19.5 Å². The van der Waals surface area contributed by atoms with E-state index in [2.05, 4.69) is 220 Å². The van der Waals surface area contributed by atoms with Crippen molar-refractivity contribution in [1.29, 1.82) is 0 Å². The molecule has 0 amide bonds. The summed E-state index contributed by atoms with van der Waals surface area (Å²) in [4.78, 5) is 37.4. The molecule has 0 rings (SSSR count). The second-order valence-electron chi connectivity index (χ2n) is 21.6. The molecule has 0 aromatic carbocycles. The summed E-state index contributed by atoms with van der Waals surface area (Å²) in [5.41, 5.74) is 0. The number of carboxylic acid groups (broad SMARTS) is 1. The monoisotopic (exact) mass is 1170 g/mol. The van der Waals surface area contributed by atoms with Crippen molar-refractivity contribution in [2.75, 3.05) is 47.5 Å². The highest BCUT2D eigenvalue weighted by molar-refractivity contribution is 5.70. The van der Waals surface area contributed by atoms with Gasteiger partial charge in [0.1, 0.15) is 13.2 Å². The first-order valence-electron chi connectivity index (χ1n) is 32.2. The van der Waals surface area contributed by atoms with Crippen LogP contribution in [-0.2, 0) is 33.3 Å². The maximum atomic E-state index is 12.9. The van der Waals surface area contributed by atoms with Gasteiger partial charge in [-0.1, -0.05) is 240 Å². The highest BCUT2D eigenvalue weighted by Gasteiger charge is 2.22. The van der Waals surface area contributed by atoms with E-state index >= 15 is 0 Å². The molecule has 2 unspecified atom stereocenters. The molecular formula is C76H115NO8. The van der Waals surface area contributed by atoms with E-state index in [0.717, 1.165) is 154 Å². The van der Waals surface area contributed by atoms with E-state index < -0.39 is 30.3 Å². The zero-order valence-electron chi connectivity index (χ0n) is 53.6. The van der Waals surface area contributed by atoms with Crippen LogP contribution >= 0.6 is 0 Å². The highest BCUT2D eigenvalue weighted by atomic mass is 16.7. The van der Waals surface area contributed by atoms with E-state index in [1.165, 1.54) is 0 Å². The average Bonchev–Trinajstić information content (AvgIpc) is 3.49. The predicted molar refractivity (Wildman–Crippen MR) is 360 cm³/mol. The number of esters is 2. The third kappa shape index (κ3) is 65.3. The summed E-state index contributed by atoms with van der Waals surface area (Å²) in [6, 6.07) is 0. The number of carboxylic acids is 1. The zero-order valence-corrected chi connectivity index (χ0v) is 53.6. The number of quaternary nitrogens is 1. The number of allylic oxidation sites excluding steroid dienone is 34. The normalized spacial score (nSPS) is 14.1. The van der Waals surface area contributed by atoms with Crippen molar-refractivity contribution in [2.24, 2.45) is 0 Å². The summed E-state index contributed by atoms with van der Waals surface area (Å²) in [6.07, 6.45) is 97.5. The molecule has 0 saturated carbocycles. The van der Waals surface area contributed by atoms with Gasteiger partial charge in [0, 0.05) is 12.8 Å². The Labute approximate surface area is 518 Å². The first kappa shape index (κ1) is 78.9. The Morgan fingerprint density at radius 3 is 0.965 bits per heavy atom. The van der Waals surface area contributed by atoms with Gasteiger partial charge in [-0.15, -0.1) is 0 Å². The van der Waals surface area contributed by atoms with Crippen molar-refractivity contribution in [1.82, 2.24) is 0 Å². The molecule has 2 atom stereocenters. The van der Waals surface area contributed by atoms with E-state index in [4.69, 9.17) is 18.9 Å². The van der Waals surface area contributed by atoms with Crippen LogP contribution in [0.5, 0.6) is 0 Å². The molecule has 0 fully saturated rings. The van der Waals surface area contributed by atoms with Crippen LogP contribution in [0.2, 0.25) is 0 Å². The van der Waals surface area contributed by atoms with Crippen LogP contribution in [-0.4, -0.2) is 82.3 Å². The van der Waals surface area contributed by atoms with Gasteiger partial charge in [0.25, 0.3) is 0 Å². The Morgan fingerprint density at radius 1 is 0.353 bits per heavy atom. The topological polar surface area (TPSA) is 111 Å². The molecule has 0 spiro atoms. The summed E-state index contributed by atoms with van der Waals surface area (Å²) < 4.78 is 22.6. The van der Waals surface area contributed by atoms with Gasteiger partial charge in [-0.2, -0.15) is 0 Å². The number of aliphatic carboxylic acids is 1. The fourth-order valence-corrected chi connectivity index (χ4v) is 7.66. The van der Waals surface area contributed by atoms with Crippen LogP contribution in [0.4, 0.5) is 0 Å². The summed E-state index contributed by atoms with van der Waals surface area (Å²) in [6.45, 7) is 4.40. The molecule has 9 nitrogen and oxygen atoms in total. The number of nitrogens with zero attached hydrogens (tertiary/aromatic N) is 1. The van der Waals surface area contributed by atoms with Crippen LogP contribution in [0, 0.1) is 0 Å². The number of carbonyl (C=O) groups is 3. The van der Waals surface area contributed by atoms with Gasteiger partial charge in [-0.3, -0.25) is 9.59 Å². The summed E-state index contributed by atoms with van der Waals surface area (Å²) in [5.74, 6) is -2.40. The van der Waals surface area contributed by atoms with E-state index in [0.29, 0.717) is 23.9 Å². The Bertz CT molecular complexity index is 2140. The van der Waals surface area contributed by atoms with Crippen molar-refractivity contribution in [3.8, 4) is 0 Å². The Hall–Kier alpha value is -6.13. The lowest BCUT2D eigenvalue weighted by atomic mass is 10.1.